The van der Waals surface area contributed by atoms with Crippen molar-refractivity contribution >= 4 is 43.8 Å². The molecule has 0 amide bonds. The number of thiophene rings is 1. The summed E-state index contributed by atoms with van der Waals surface area (Å²) in [7, 11) is -3.61. The van der Waals surface area contributed by atoms with E-state index in [0.717, 1.165) is 16.0 Å². The molecule has 2 rings (SSSR count). The first-order chi connectivity index (χ1) is 8.99. The number of hydrogen-bond donors (Lipinski definition) is 0. The van der Waals surface area contributed by atoms with Gasteiger partial charge in [-0.3, -0.25) is 4.28 Å². The van der Waals surface area contributed by atoms with Gasteiger partial charge in [0.1, 0.15) is 11.1 Å². The van der Waals surface area contributed by atoms with Crippen molar-refractivity contribution in [3.8, 4) is 6.07 Å². The van der Waals surface area contributed by atoms with Crippen molar-refractivity contribution in [2.45, 2.75) is 0 Å². The van der Waals surface area contributed by atoms with Gasteiger partial charge in [0.25, 0.3) is 0 Å². The summed E-state index contributed by atoms with van der Waals surface area (Å²) in [6.45, 7) is 0. The summed E-state index contributed by atoms with van der Waals surface area (Å²) in [5.41, 5.74) is 0.542. The Balaban J connectivity index is 2.23. The molecule has 8 heteroatoms. The molecule has 0 bridgehead atoms. The fourth-order valence-electron chi connectivity index (χ4n) is 1.27. The van der Waals surface area contributed by atoms with Crippen molar-refractivity contribution in [2.75, 3.05) is 6.26 Å². The van der Waals surface area contributed by atoms with Crippen molar-refractivity contribution in [3.63, 3.8) is 0 Å². The van der Waals surface area contributed by atoms with Gasteiger partial charge in [0, 0.05) is 9.78 Å². The molecule has 1 aliphatic rings. The van der Waals surface area contributed by atoms with Gasteiger partial charge in [0.2, 0.25) is 0 Å². The van der Waals surface area contributed by atoms with E-state index >= 15 is 0 Å². The van der Waals surface area contributed by atoms with E-state index in [1.165, 1.54) is 23.1 Å². The summed E-state index contributed by atoms with van der Waals surface area (Å²) >= 11 is 2.66. The number of allylic oxidation sites excluding steroid dienone is 2. The molecule has 0 radical (unpaired) electrons. The van der Waals surface area contributed by atoms with Gasteiger partial charge in [0.15, 0.2) is 0 Å². The highest BCUT2D eigenvalue weighted by Crippen LogP contribution is 2.35. The molecule has 19 heavy (non-hydrogen) atoms. The fourth-order valence-corrected chi connectivity index (χ4v) is 3.16. The van der Waals surface area contributed by atoms with Crippen molar-refractivity contribution in [2.24, 2.45) is 5.16 Å². The quantitative estimate of drug-likeness (QED) is 0.633. The van der Waals surface area contributed by atoms with Crippen LogP contribution in [0.25, 0.3) is 5.57 Å². The smallest absolute Gasteiger partial charge is 0.268 e. The molecular weight excluding hydrogens is 304 g/mol. The first kappa shape index (κ1) is 13.9. The zero-order chi connectivity index (χ0) is 13.9. The third kappa shape index (κ3) is 3.70. The topological polar surface area (TPSA) is 79.5 Å². The van der Waals surface area contributed by atoms with Crippen LogP contribution in [0.15, 0.2) is 39.7 Å². The summed E-state index contributed by atoms with van der Waals surface area (Å²) in [4.78, 5) is 1.58. The zero-order valence-corrected chi connectivity index (χ0v) is 12.2. The molecule has 0 unspecified atom stereocenters. The SMILES string of the molecule is CS(=O)(=O)ON=C1C=CC(=C(C#N)c2cccs2)S1. The first-order valence-electron chi connectivity index (χ1n) is 5.00. The van der Waals surface area contributed by atoms with Gasteiger partial charge in [-0.1, -0.05) is 23.0 Å². The summed E-state index contributed by atoms with van der Waals surface area (Å²) in [6, 6.07) is 5.86. The van der Waals surface area contributed by atoms with Crippen molar-refractivity contribution in [1.29, 1.82) is 5.26 Å². The molecule has 1 aromatic rings. The van der Waals surface area contributed by atoms with Gasteiger partial charge in [-0.15, -0.1) is 11.3 Å². The molecule has 0 fully saturated rings. The van der Waals surface area contributed by atoms with E-state index in [0.29, 0.717) is 10.6 Å². The first-order valence-corrected chi connectivity index (χ1v) is 8.51. The second-order valence-corrected chi connectivity index (χ2v) is 7.04. The van der Waals surface area contributed by atoms with Gasteiger partial charge in [-0.25, -0.2) is 0 Å². The number of nitrogens with zero attached hydrogens (tertiary/aromatic N) is 2. The molecule has 2 heterocycles. The summed E-state index contributed by atoms with van der Waals surface area (Å²) in [5, 5.41) is 15.0. The van der Waals surface area contributed by atoms with E-state index in [1.54, 1.807) is 12.2 Å². The minimum Gasteiger partial charge on any atom is -0.268 e. The lowest BCUT2D eigenvalue weighted by Gasteiger charge is -1.98. The predicted octanol–water partition coefficient (Wildman–Crippen LogP) is 2.58. The van der Waals surface area contributed by atoms with Crippen LogP contribution in [0.3, 0.4) is 0 Å². The third-order valence-corrected chi connectivity index (χ3v) is 4.19. The molecule has 0 spiro atoms. The van der Waals surface area contributed by atoms with Gasteiger partial charge in [-0.2, -0.15) is 13.7 Å². The van der Waals surface area contributed by atoms with Crippen molar-refractivity contribution < 1.29 is 12.7 Å². The summed E-state index contributed by atoms with van der Waals surface area (Å²) in [5.74, 6) is 0. The number of nitriles is 1. The lowest BCUT2D eigenvalue weighted by molar-refractivity contribution is 0.345. The highest BCUT2D eigenvalue weighted by atomic mass is 32.2. The number of thioether (sulfide) groups is 1. The van der Waals surface area contributed by atoms with Crippen molar-refractivity contribution in [1.82, 2.24) is 0 Å². The van der Waals surface area contributed by atoms with Crippen LogP contribution in [-0.2, 0) is 14.4 Å². The van der Waals surface area contributed by atoms with E-state index < -0.39 is 10.1 Å². The molecule has 0 aromatic carbocycles. The molecule has 98 valence electrons. The Morgan fingerprint density at radius 2 is 2.26 bits per heavy atom. The molecule has 0 saturated carbocycles. The van der Waals surface area contributed by atoms with Crippen LogP contribution in [0.5, 0.6) is 0 Å². The normalized spacial score (nSPS) is 19.5. The maximum absolute atomic E-state index is 10.8. The van der Waals surface area contributed by atoms with Gasteiger partial charge >= 0.3 is 10.1 Å². The Morgan fingerprint density at radius 3 is 2.84 bits per heavy atom. The Hall–Kier alpha value is -1.56. The van der Waals surface area contributed by atoms with Gasteiger partial charge in [-0.05, 0) is 23.6 Å². The largest absolute Gasteiger partial charge is 0.325 e. The minimum atomic E-state index is -3.61. The highest BCUT2D eigenvalue weighted by molar-refractivity contribution is 8.18. The average Bonchev–Trinajstić information content (AvgIpc) is 2.98. The Kier molecular flexibility index (Phi) is 4.09. The molecular formula is C11H8N2O3S3. The van der Waals surface area contributed by atoms with Crippen LogP contribution in [0, 0.1) is 11.3 Å². The maximum Gasteiger partial charge on any atom is 0.325 e. The molecule has 0 aliphatic carbocycles. The van der Waals surface area contributed by atoms with Gasteiger partial charge < -0.3 is 0 Å². The van der Waals surface area contributed by atoms with E-state index in [4.69, 9.17) is 0 Å². The molecule has 5 nitrogen and oxygen atoms in total. The van der Waals surface area contributed by atoms with Crippen molar-refractivity contribution in [3.05, 3.63) is 39.4 Å². The van der Waals surface area contributed by atoms with E-state index in [-0.39, 0.29) is 0 Å². The Labute approximate surface area is 119 Å². The fraction of sp³-hybridized carbons (Fsp3) is 0.0909. The van der Waals surface area contributed by atoms with Crippen LogP contribution < -0.4 is 0 Å². The third-order valence-electron chi connectivity index (χ3n) is 1.98. The second-order valence-electron chi connectivity index (χ2n) is 3.47. The highest BCUT2D eigenvalue weighted by Gasteiger charge is 2.16. The lowest BCUT2D eigenvalue weighted by Crippen LogP contribution is -1.98. The minimum absolute atomic E-state index is 0.393. The summed E-state index contributed by atoms with van der Waals surface area (Å²) < 4.78 is 26.0. The average molecular weight is 312 g/mol. The lowest BCUT2D eigenvalue weighted by atomic mass is 10.2. The number of oxime groups is 1. The Bertz CT molecular complexity index is 707. The Morgan fingerprint density at radius 1 is 1.47 bits per heavy atom. The predicted molar refractivity (Wildman–Crippen MR) is 76.9 cm³/mol. The van der Waals surface area contributed by atoms with Crippen LogP contribution >= 0.6 is 23.1 Å². The standard InChI is InChI=1S/C11H8N2O3S3/c1-19(14,15)16-13-11-5-4-10(18-11)8(7-12)9-3-2-6-17-9/h2-6H,1H3. The van der Waals surface area contributed by atoms with E-state index in [9.17, 15) is 13.7 Å². The van der Waals surface area contributed by atoms with E-state index in [1.807, 2.05) is 17.5 Å². The number of hydrogen-bond acceptors (Lipinski definition) is 7. The summed E-state index contributed by atoms with van der Waals surface area (Å²) in [6.07, 6.45) is 4.24. The molecule has 0 atom stereocenters. The van der Waals surface area contributed by atoms with Crippen LogP contribution in [0.2, 0.25) is 0 Å². The molecule has 0 saturated heterocycles. The van der Waals surface area contributed by atoms with Crippen LogP contribution in [0.4, 0.5) is 0 Å². The zero-order valence-electron chi connectivity index (χ0n) is 9.73. The number of rotatable bonds is 3. The molecule has 1 aliphatic heterocycles. The van der Waals surface area contributed by atoms with Crippen LogP contribution in [-0.4, -0.2) is 19.7 Å². The van der Waals surface area contributed by atoms with Crippen LogP contribution in [0.1, 0.15) is 4.88 Å². The van der Waals surface area contributed by atoms with E-state index in [2.05, 4.69) is 15.5 Å². The second kappa shape index (κ2) is 5.61. The maximum atomic E-state index is 10.8. The van der Waals surface area contributed by atoms with Gasteiger partial charge in [0.05, 0.1) is 11.8 Å². The molecule has 0 N–H and O–H groups in total. The monoisotopic (exact) mass is 312 g/mol. The molecule has 1 aromatic heterocycles.